The van der Waals surface area contributed by atoms with Gasteiger partial charge in [0, 0.05) is 12.6 Å². The Balaban J connectivity index is 2.88. The largest absolute Gasteiger partial charge is 0.493 e. The first-order chi connectivity index (χ1) is 7.06. The smallest absolute Gasteiger partial charge is 0.212 e. The summed E-state index contributed by atoms with van der Waals surface area (Å²) < 4.78 is 1.59. The average molecular weight is 210 g/mol. The second-order valence-electron chi connectivity index (χ2n) is 4.57. The zero-order chi connectivity index (χ0) is 11.4. The monoisotopic (exact) mass is 210 g/mol. The van der Waals surface area contributed by atoms with Gasteiger partial charge >= 0.3 is 0 Å². The number of hydrogen-bond donors (Lipinski definition) is 1. The Kier molecular flexibility index (Phi) is 4.18. The molecule has 0 unspecified atom stereocenters. The van der Waals surface area contributed by atoms with Gasteiger partial charge in [0.15, 0.2) is 0 Å². The van der Waals surface area contributed by atoms with Gasteiger partial charge in [-0.25, -0.2) is 4.68 Å². The fraction of sp³-hybridized carbons (Fsp3) is 0.750. The predicted octanol–water partition coefficient (Wildman–Crippen LogP) is 2.67. The van der Waals surface area contributed by atoms with Crippen molar-refractivity contribution >= 4 is 0 Å². The maximum Gasteiger partial charge on any atom is 0.212 e. The fourth-order valence-electron chi connectivity index (χ4n) is 1.77. The van der Waals surface area contributed by atoms with Crippen LogP contribution in [0, 0.1) is 5.92 Å². The number of aromatic hydroxyl groups is 1. The van der Waals surface area contributed by atoms with Gasteiger partial charge in [-0.2, -0.15) is 5.10 Å². The lowest BCUT2D eigenvalue weighted by Gasteiger charge is -2.04. The standard InChI is InChI=1S/C12H22N2O/c1-5-6-7-10-11(8-9(2)3)13-14(4)12(10)15/h9,15H,5-8H2,1-4H3. The van der Waals surface area contributed by atoms with Crippen molar-refractivity contribution in [1.29, 1.82) is 0 Å². The molecule has 3 nitrogen and oxygen atoms in total. The topological polar surface area (TPSA) is 38.0 Å². The molecule has 15 heavy (non-hydrogen) atoms. The Morgan fingerprint density at radius 3 is 2.60 bits per heavy atom. The Hall–Kier alpha value is -0.990. The van der Waals surface area contributed by atoms with Crippen LogP contribution < -0.4 is 0 Å². The van der Waals surface area contributed by atoms with Crippen LogP contribution in [0.2, 0.25) is 0 Å². The summed E-state index contributed by atoms with van der Waals surface area (Å²) in [6.45, 7) is 6.51. The van der Waals surface area contributed by atoms with Gasteiger partial charge in [0.05, 0.1) is 5.69 Å². The van der Waals surface area contributed by atoms with E-state index in [4.69, 9.17) is 0 Å². The molecule has 0 aromatic carbocycles. The average Bonchev–Trinajstić information content (AvgIpc) is 2.40. The SMILES string of the molecule is CCCCc1c(CC(C)C)nn(C)c1O. The summed E-state index contributed by atoms with van der Waals surface area (Å²) in [5, 5.41) is 14.2. The van der Waals surface area contributed by atoms with Crippen molar-refractivity contribution in [3.63, 3.8) is 0 Å². The molecule has 1 aromatic heterocycles. The third kappa shape index (κ3) is 2.98. The van der Waals surface area contributed by atoms with Gasteiger partial charge in [-0.3, -0.25) is 0 Å². The van der Waals surface area contributed by atoms with Crippen LogP contribution in [0.4, 0.5) is 0 Å². The molecule has 0 aliphatic heterocycles. The summed E-state index contributed by atoms with van der Waals surface area (Å²) >= 11 is 0. The van der Waals surface area contributed by atoms with E-state index in [-0.39, 0.29) is 0 Å². The maximum absolute atomic E-state index is 9.86. The van der Waals surface area contributed by atoms with E-state index in [0.29, 0.717) is 11.8 Å². The predicted molar refractivity (Wildman–Crippen MR) is 62.0 cm³/mol. The molecule has 0 bridgehead atoms. The molecule has 0 fully saturated rings. The Morgan fingerprint density at radius 2 is 2.07 bits per heavy atom. The summed E-state index contributed by atoms with van der Waals surface area (Å²) in [6.07, 6.45) is 4.16. The molecular weight excluding hydrogens is 188 g/mol. The second-order valence-corrected chi connectivity index (χ2v) is 4.57. The fourth-order valence-corrected chi connectivity index (χ4v) is 1.77. The quantitative estimate of drug-likeness (QED) is 0.811. The molecule has 0 amide bonds. The van der Waals surface area contributed by atoms with Crippen molar-refractivity contribution in [3.05, 3.63) is 11.3 Å². The van der Waals surface area contributed by atoms with Gasteiger partial charge in [-0.15, -0.1) is 0 Å². The lowest BCUT2D eigenvalue weighted by Crippen LogP contribution is -1.99. The van der Waals surface area contributed by atoms with E-state index in [1.165, 1.54) is 0 Å². The van der Waals surface area contributed by atoms with Crippen LogP contribution in [0.1, 0.15) is 44.9 Å². The van der Waals surface area contributed by atoms with Crippen LogP contribution >= 0.6 is 0 Å². The third-order valence-electron chi connectivity index (χ3n) is 2.58. The highest BCUT2D eigenvalue weighted by atomic mass is 16.3. The minimum Gasteiger partial charge on any atom is -0.493 e. The second kappa shape index (κ2) is 5.19. The molecule has 86 valence electrons. The van der Waals surface area contributed by atoms with E-state index >= 15 is 0 Å². The van der Waals surface area contributed by atoms with Crippen LogP contribution in [0.3, 0.4) is 0 Å². The van der Waals surface area contributed by atoms with Crippen molar-refractivity contribution in [2.45, 2.75) is 46.5 Å². The number of unbranched alkanes of at least 4 members (excludes halogenated alkanes) is 1. The first kappa shape index (κ1) is 12.1. The zero-order valence-corrected chi connectivity index (χ0v) is 10.2. The molecule has 0 spiro atoms. The summed E-state index contributed by atoms with van der Waals surface area (Å²) in [6, 6.07) is 0. The van der Waals surface area contributed by atoms with Crippen molar-refractivity contribution < 1.29 is 5.11 Å². The number of rotatable bonds is 5. The van der Waals surface area contributed by atoms with Crippen molar-refractivity contribution in [2.75, 3.05) is 0 Å². The van der Waals surface area contributed by atoms with Crippen LogP contribution in [0.15, 0.2) is 0 Å². The van der Waals surface area contributed by atoms with E-state index in [0.717, 1.165) is 36.9 Å². The first-order valence-electron chi connectivity index (χ1n) is 5.80. The molecular formula is C12H22N2O. The van der Waals surface area contributed by atoms with Crippen molar-refractivity contribution in [1.82, 2.24) is 9.78 Å². The molecule has 1 aromatic rings. The maximum atomic E-state index is 9.86. The molecule has 0 radical (unpaired) electrons. The van der Waals surface area contributed by atoms with Gasteiger partial charge in [-0.1, -0.05) is 27.2 Å². The number of aryl methyl sites for hydroxylation is 1. The zero-order valence-electron chi connectivity index (χ0n) is 10.2. The van der Waals surface area contributed by atoms with E-state index in [2.05, 4.69) is 25.9 Å². The third-order valence-corrected chi connectivity index (χ3v) is 2.58. The normalized spacial score (nSPS) is 11.3. The molecule has 0 aliphatic rings. The van der Waals surface area contributed by atoms with Gasteiger partial charge in [-0.05, 0) is 25.2 Å². The van der Waals surface area contributed by atoms with E-state index in [1.54, 1.807) is 11.7 Å². The molecule has 0 saturated carbocycles. The summed E-state index contributed by atoms with van der Waals surface area (Å²) in [4.78, 5) is 0. The van der Waals surface area contributed by atoms with E-state index in [9.17, 15) is 5.11 Å². The number of hydrogen-bond acceptors (Lipinski definition) is 2. The van der Waals surface area contributed by atoms with Gasteiger partial charge in [0.1, 0.15) is 0 Å². The summed E-state index contributed by atoms with van der Waals surface area (Å²) in [5.74, 6) is 0.929. The van der Waals surface area contributed by atoms with Gasteiger partial charge < -0.3 is 5.11 Å². The molecule has 1 rings (SSSR count). The highest BCUT2D eigenvalue weighted by molar-refractivity contribution is 5.31. The molecule has 1 heterocycles. The molecule has 1 N–H and O–H groups in total. The van der Waals surface area contributed by atoms with Gasteiger partial charge in [0.25, 0.3) is 0 Å². The lowest BCUT2D eigenvalue weighted by atomic mass is 10.0. The van der Waals surface area contributed by atoms with Crippen molar-refractivity contribution in [3.8, 4) is 5.88 Å². The van der Waals surface area contributed by atoms with E-state index in [1.807, 2.05) is 0 Å². The molecule has 3 heteroatoms. The Morgan fingerprint density at radius 1 is 1.40 bits per heavy atom. The Bertz CT molecular complexity index is 316. The summed E-state index contributed by atoms with van der Waals surface area (Å²) in [5.41, 5.74) is 2.12. The molecule has 0 saturated heterocycles. The minimum atomic E-state index is 0.346. The number of aromatic nitrogens is 2. The van der Waals surface area contributed by atoms with Gasteiger partial charge in [0.2, 0.25) is 5.88 Å². The van der Waals surface area contributed by atoms with E-state index < -0.39 is 0 Å². The molecule has 0 aliphatic carbocycles. The number of nitrogens with zero attached hydrogens (tertiary/aromatic N) is 2. The highest BCUT2D eigenvalue weighted by Gasteiger charge is 2.15. The Labute approximate surface area is 92.1 Å². The molecule has 0 atom stereocenters. The highest BCUT2D eigenvalue weighted by Crippen LogP contribution is 2.24. The van der Waals surface area contributed by atoms with Crippen LogP contribution in [-0.4, -0.2) is 14.9 Å². The van der Waals surface area contributed by atoms with Crippen LogP contribution in [0.5, 0.6) is 5.88 Å². The summed E-state index contributed by atoms with van der Waals surface area (Å²) in [7, 11) is 1.80. The lowest BCUT2D eigenvalue weighted by molar-refractivity contribution is 0.413. The first-order valence-corrected chi connectivity index (χ1v) is 5.80. The van der Waals surface area contributed by atoms with Crippen LogP contribution in [-0.2, 0) is 19.9 Å². The minimum absolute atomic E-state index is 0.346. The van der Waals surface area contributed by atoms with Crippen LogP contribution in [0.25, 0.3) is 0 Å². The van der Waals surface area contributed by atoms with Crippen molar-refractivity contribution in [2.24, 2.45) is 13.0 Å².